The lowest BCUT2D eigenvalue weighted by atomic mass is 9.79. The van der Waals surface area contributed by atoms with E-state index in [1.807, 2.05) is 0 Å². The van der Waals surface area contributed by atoms with Crippen LogP contribution in [0.25, 0.3) is 111 Å². The first-order valence-electron chi connectivity index (χ1n) is 28.7. The molecule has 0 heteroatoms. The van der Waals surface area contributed by atoms with Crippen LogP contribution in [0.4, 0.5) is 0 Å². The molecule has 14 rings (SSSR count). The van der Waals surface area contributed by atoms with Crippen LogP contribution in [0.5, 0.6) is 0 Å². The van der Waals surface area contributed by atoms with Gasteiger partial charge in [-0.05, 0) is 220 Å². The number of benzene rings is 11. The van der Waals surface area contributed by atoms with Gasteiger partial charge in [0.1, 0.15) is 0 Å². The Kier molecular flexibility index (Phi) is 10.6. The second-order valence-electron chi connectivity index (χ2n) is 27.1. The number of rotatable bonds is 5. The summed E-state index contributed by atoms with van der Waals surface area (Å²) in [5.41, 5.74) is 31.7. The van der Waals surface area contributed by atoms with E-state index in [1.54, 1.807) is 0 Å². The molecule has 0 amide bonds. The van der Waals surface area contributed by atoms with Crippen LogP contribution in [0.2, 0.25) is 0 Å². The quantitative estimate of drug-likeness (QED) is 0.161. The van der Waals surface area contributed by atoms with Gasteiger partial charge in [0.05, 0.1) is 0 Å². The summed E-state index contributed by atoms with van der Waals surface area (Å²) in [7, 11) is 0. The standard InChI is InChI=1S/C79H70/c1-75(2,3)61-28-19-47(20-29-61)55-22-31-63-65-33-24-57(43-71(65)77(7,8)69(63)41-55)59-26-35-67-68-36-27-60(46-74(68)79(11,12)73(67)45-59)58-25-34-66-64-32-23-56(42-70(64)78(9,10)72(66)44-58)52-16-15-49-37-48(13-14-50(49)38-52)51-17-18-54-40-62(76(4,5)6)30-21-53(54)39-51/h13-46H,1-12H3. The van der Waals surface area contributed by atoms with Gasteiger partial charge in [-0.2, -0.15) is 0 Å². The molecule has 3 aliphatic carbocycles. The number of fused-ring (bicyclic) bond motifs is 11. The van der Waals surface area contributed by atoms with Gasteiger partial charge in [0.15, 0.2) is 0 Å². The van der Waals surface area contributed by atoms with E-state index < -0.39 is 0 Å². The zero-order valence-electron chi connectivity index (χ0n) is 48.1. The van der Waals surface area contributed by atoms with Crippen LogP contribution in [0.1, 0.15) is 128 Å². The average molecular weight is 1020 g/mol. The molecular formula is C79H70. The summed E-state index contributed by atoms with van der Waals surface area (Å²) >= 11 is 0. The first-order valence-corrected chi connectivity index (χ1v) is 28.7. The molecular weight excluding hydrogens is 949 g/mol. The lowest BCUT2D eigenvalue weighted by molar-refractivity contribution is 0.590. The van der Waals surface area contributed by atoms with E-state index in [0.29, 0.717) is 0 Å². The van der Waals surface area contributed by atoms with Gasteiger partial charge in [-0.25, -0.2) is 0 Å². The van der Waals surface area contributed by atoms with Crippen LogP contribution in [-0.2, 0) is 27.1 Å². The summed E-state index contributed by atoms with van der Waals surface area (Å²) in [5.74, 6) is 0. The third kappa shape index (κ3) is 7.76. The summed E-state index contributed by atoms with van der Waals surface area (Å²) in [4.78, 5) is 0. The largest absolute Gasteiger partial charge is 0.0579 e. The minimum atomic E-state index is -0.160. The van der Waals surface area contributed by atoms with E-state index >= 15 is 0 Å². The van der Waals surface area contributed by atoms with Crippen molar-refractivity contribution in [2.45, 2.75) is 110 Å². The maximum absolute atomic E-state index is 2.49. The molecule has 0 N–H and O–H groups in total. The van der Waals surface area contributed by atoms with Crippen LogP contribution >= 0.6 is 0 Å². The molecule has 0 unspecified atom stereocenters. The van der Waals surface area contributed by atoms with Crippen molar-refractivity contribution in [2.75, 3.05) is 0 Å². The maximum atomic E-state index is 2.49. The fraction of sp³-hybridized carbons (Fsp3) is 0.215. The second-order valence-corrected chi connectivity index (χ2v) is 27.1. The number of hydrogen-bond acceptors (Lipinski definition) is 0. The molecule has 0 nitrogen and oxygen atoms in total. The highest BCUT2D eigenvalue weighted by Gasteiger charge is 2.39. The van der Waals surface area contributed by atoms with E-state index in [4.69, 9.17) is 0 Å². The van der Waals surface area contributed by atoms with E-state index in [-0.39, 0.29) is 27.1 Å². The summed E-state index contributed by atoms with van der Waals surface area (Å²) < 4.78 is 0. The molecule has 11 aromatic rings. The molecule has 0 aliphatic heterocycles. The molecule has 0 aromatic heterocycles. The van der Waals surface area contributed by atoms with Crippen LogP contribution < -0.4 is 0 Å². The van der Waals surface area contributed by atoms with Crippen molar-refractivity contribution in [1.82, 2.24) is 0 Å². The minimum absolute atomic E-state index is 0.120. The smallest absolute Gasteiger partial charge is 0.0159 e. The monoisotopic (exact) mass is 1020 g/mol. The van der Waals surface area contributed by atoms with Gasteiger partial charge < -0.3 is 0 Å². The molecule has 0 heterocycles. The highest BCUT2D eigenvalue weighted by atomic mass is 14.4. The Labute approximate surface area is 468 Å². The first-order chi connectivity index (χ1) is 37.6. The summed E-state index contributed by atoms with van der Waals surface area (Å²) in [6.45, 7) is 28.1. The molecule has 0 spiro atoms. The van der Waals surface area contributed by atoms with Gasteiger partial charge in [0, 0.05) is 16.2 Å². The molecule has 79 heavy (non-hydrogen) atoms. The van der Waals surface area contributed by atoms with E-state index in [9.17, 15) is 0 Å². The predicted octanol–water partition coefficient (Wildman–Crippen LogP) is 21.8. The van der Waals surface area contributed by atoms with E-state index in [2.05, 4.69) is 289 Å². The van der Waals surface area contributed by atoms with Gasteiger partial charge in [-0.3, -0.25) is 0 Å². The van der Waals surface area contributed by atoms with Gasteiger partial charge in [0.2, 0.25) is 0 Å². The van der Waals surface area contributed by atoms with Crippen molar-refractivity contribution < 1.29 is 0 Å². The molecule has 386 valence electrons. The summed E-state index contributed by atoms with van der Waals surface area (Å²) in [6, 6.07) is 80.0. The van der Waals surface area contributed by atoms with Crippen molar-refractivity contribution in [2.24, 2.45) is 0 Å². The van der Waals surface area contributed by atoms with Crippen molar-refractivity contribution in [1.29, 1.82) is 0 Å². The lowest BCUT2D eigenvalue weighted by Gasteiger charge is -2.24. The van der Waals surface area contributed by atoms with Crippen molar-refractivity contribution in [3.63, 3.8) is 0 Å². The third-order valence-electron chi connectivity index (χ3n) is 19.0. The molecule has 11 aromatic carbocycles. The highest BCUT2D eigenvalue weighted by Crippen LogP contribution is 2.55. The van der Waals surface area contributed by atoms with Crippen LogP contribution in [0, 0.1) is 0 Å². The highest BCUT2D eigenvalue weighted by molar-refractivity contribution is 5.95. The molecule has 0 atom stereocenters. The molecule has 0 bridgehead atoms. The molecule has 0 fully saturated rings. The van der Waals surface area contributed by atoms with Crippen molar-refractivity contribution in [3.05, 3.63) is 251 Å². The van der Waals surface area contributed by atoms with Gasteiger partial charge in [0.25, 0.3) is 0 Å². The van der Waals surface area contributed by atoms with Crippen LogP contribution in [0.3, 0.4) is 0 Å². The Morgan fingerprint density at radius 1 is 0.203 bits per heavy atom. The zero-order chi connectivity index (χ0) is 54.7. The van der Waals surface area contributed by atoms with Crippen molar-refractivity contribution >= 4 is 21.5 Å². The second kappa shape index (κ2) is 17.0. The Morgan fingerprint density at radius 3 is 0.684 bits per heavy atom. The fourth-order valence-corrected chi connectivity index (χ4v) is 13.9. The Hall–Kier alpha value is -8.06. The molecule has 0 saturated heterocycles. The molecule has 3 aliphatic rings. The third-order valence-corrected chi connectivity index (χ3v) is 19.0. The fourth-order valence-electron chi connectivity index (χ4n) is 13.9. The predicted molar refractivity (Wildman–Crippen MR) is 339 cm³/mol. The maximum Gasteiger partial charge on any atom is 0.0159 e. The first kappa shape index (κ1) is 49.2. The van der Waals surface area contributed by atoms with E-state index in [0.717, 1.165) is 0 Å². The average Bonchev–Trinajstić information content (AvgIpc) is 4.18. The van der Waals surface area contributed by atoms with Crippen LogP contribution in [-0.4, -0.2) is 0 Å². The number of hydrogen-bond donors (Lipinski definition) is 0. The Bertz CT molecular complexity index is 4380. The molecule has 0 radical (unpaired) electrons. The zero-order valence-corrected chi connectivity index (χ0v) is 48.1. The van der Waals surface area contributed by atoms with Gasteiger partial charge in [-0.15, -0.1) is 0 Å². The van der Waals surface area contributed by atoms with Gasteiger partial charge >= 0.3 is 0 Å². The minimum Gasteiger partial charge on any atom is -0.0579 e. The molecule has 0 saturated carbocycles. The Morgan fingerprint density at radius 2 is 0.405 bits per heavy atom. The van der Waals surface area contributed by atoms with Crippen LogP contribution in [0.15, 0.2) is 206 Å². The van der Waals surface area contributed by atoms with Crippen molar-refractivity contribution in [3.8, 4) is 89.0 Å². The normalized spacial score (nSPS) is 15.1. The van der Waals surface area contributed by atoms with E-state index in [1.165, 1.54) is 155 Å². The summed E-state index contributed by atoms with van der Waals surface area (Å²) in [6.07, 6.45) is 0. The SMILES string of the molecule is CC(C)(C)c1ccc(-c2ccc3c(c2)C(C)(C)c2cc(-c4ccc5c(c4)C(C)(C)c4cc(-c6ccc7c(c6)C(C)(C)c6cc(-c8ccc9cc(-c%10ccc%11cc(C(C)(C)C)ccc%11c%10)ccc9c8)ccc6-7)ccc4-5)ccc2-3)cc1. The van der Waals surface area contributed by atoms with Gasteiger partial charge in [-0.1, -0.05) is 235 Å². The lowest BCUT2D eigenvalue weighted by Crippen LogP contribution is -2.16. The topological polar surface area (TPSA) is 0 Å². The Balaban J connectivity index is 0.713. The summed E-state index contributed by atoms with van der Waals surface area (Å²) in [5, 5.41) is 5.09.